The molecule has 3 aromatic carbocycles. The molecule has 0 saturated heterocycles. The molecule has 2 atom stereocenters. The number of hydrogen-bond donors (Lipinski definition) is 0. The minimum Gasteiger partial charge on any atom is -0.435 e. The maximum absolute atomic E-state index is 6.50. The number of fused-ring (bicyclic) bond motifs is 4. The normalized spacial score (nSPS) is 18.3. The van der Waals surface area contributed by atoms with E-state index in [-0.39, 0.29) is 0 Å². The summed E-state index contributed by atoms with van der Waals surface area (Å²) in [5.41, 5.74) is 9.15. The second kappa shape index (κ2) is 8.32. The van der Waals surface area contributed by atoms with Gasteiger partial charge < -0.3 is 9.32 Å². The molecule has 0 amide bonds. The lowest BCUT2D eigenvalue weighted by molar-refractivity contribution is 0.416. The summed E-state index contributed by atoms with van der Waals surface area (Å²) < 4.78 is 6.50. The first-order valence-corrected chi connectivity index (χ1v) is 12.3. The highest BCUT2D eigenvalue weighted by atomic mass is 16.3. The second-order valence-corrected chi connectivity index (χ2v) is 9.74. The van der Waals surface area contributed by atoms with Crippen LogP contribution in [0.4, 0.5) is 11.4 Å². The number of hydrogen-bond acceptors (Lipinski definition) is 3. The maximum Gasteiger partial charge on any atom is 0.227 e. The first-order valence-electron chi connectivity index (χ1n) is 12.3. The van der Waals surface area contributed by atoms with Gasteiger partial charge in [-0.15, -0.1) is 0 Å². The summed E-state index contributed by atoms with van der Waals surface area (Å²) in [6, 6.07) is 28.8. The fraction of sp³-hybridized carbons (Fsp3) is 0.258. The highest BCUT2D eigenvalue weighted by molar-refractivity contribution is 6.09. The van der Waals surface area contributed by atoms with E-state index in [1.54, 1.807) is 0 Å². The quantitative estimate of drug-likeness (QED) is 0.282. The Kier molecular flexibility index (Phi) is 5.13. The lowest BCUT2D eigenvalue weighted by Crippen LogP contribution is -2.35. The van der Waals surface area contributed by atoms with Crippen LogP contribution in [-0.4, -0.2) is 11.0 Å². The van der Waals surface area contributed by atoms with E-state index in [0.29, 0.717) is 12.0 Å². The van der Waals surface area contributed by atoms with E-state index >= 15 is 0 Å². The van der Waals surface area contributed by atoms with Gasteiger partial charge in [0.25, 0.3) is 0 Å². The Morgan fingerprint density at radius 3 is 2.50 bits per heavy atom. The Bertz CT molecular complexity index is 1480. The minimum absolute atomic E-state index is 0.316. The van der Waals surface area contributed by atoms with Gasteiger partial charge in [-0.3, -0.25) is 0 Å². The zero-order valence-electron chi connectivity index (χ0n) is 20.1. The minimum atomic E-state index is 0.316. The molecule has 0 N–H and O–H groups in total. The number of aromatic nitrogens is 1. The van der Waals surface area contributed by atoms with Crippen molar-refractivity contribution in [1.82, 2.24) is 4.98 Å². The maximum atomic E-state index is 6.50. The zero-order valence-corrected chi connectivity index (χ0v) is 20.1. The molecule has 0 radical (unpaired) electrons. The van der Waals surface area contributed by atoms with E-state index < -0.39 is 0 Å². The van der Waals surface area contributed by atoms with Gasteiger partial charge in [-0.25, -0.2) is 4.98 Å². The Hall–Kier alpha value is -3.59. The Morgan fingerprint density at radius 2 is 1.65 bits per heavy atom. The summed E-state index contributed by atoms with van der Waals surface area (Å²) in [5, 5.41) is 2.22. The third-order valence-electron chi connectivity index (χ3n) is 7.53. The van der Waals surface area contributed by atoms with Crippen LogP contribution in [0.25, 0.3) is 22.1 Å². The van der Waals surface area contributed by atoms with Crippen LogP contribution in [0.5, 0.6) is 0 Å². The highest BCUT2D eigenvalue weighted by Gasteiger charge is 2.32. The van der Waals surface area contributed by atoms with Gasteiger partial charge in [-0.2, -0.15) is 0 Å². The third-order valence-corrected chi connectivity index (χ3v) is 7.53. The molecule has 0 bridgehead atoms. The van der Waals surface area contributed by atoms with Crippen LogP contribution in [0.3, 0.4) is 0 Å². The zero-order chi connectivity index (χ0) is 23.2. The number of anilines is 2. The molecule has 5 aromatic rings. The standard InChI is InChI=1S/C31H30N2O/c1-20-13-17-26-27-18-14-21(2)32-31(27)34-30(26)29(20)33-22(3)25(19-23-9-5-4-6-10-23)16-15-24-11-7-8-12-28(24)33/h4-14,17-18,22,25H,15-16,19H2,1-3H3/t22-,25?/m0/s1. The van der Waals surface area contributed by atoms with Gasteiger partial charge in [0.05, 0.1) is 5.69 Å². The predicted octanol–water partition coefficient (Wildman–Crippen LogP) is 7.93. The first-order chi connectivity index (χ1) is 16.6. The van der Waals surface area contributed by atoms with Crippen molar-refractivity contribution in [2.24, 2.45) is 5.92 Å². The fourth-order valence-electron chi connectivity index (χ4n) is 5.68. The van der Waals surface area contributed by atoms with Crippen molar-refractivity contribution in [2.75, 3.05) is 4.90 Å². The number of para-hydroxylation sites is 1. The molecule has 1 unspecified atom stereocenters. The van der Waals surface area contributed by atoms with Gasteiger partial charge in [0.1, 0.15) is 0 Å². The average Bonchev–Trinajstić information content (AvgIpc) is 3.15. The summed E-state index contributed by atoms with van der Waals surface area (Å²) >= 11 is 0. The van der Waals surface area contributed by atoms with Gasteiger partial charge in [-0.05, 0) is 80.8 Å². The number of furan rings is 1. The van der Waals surface area contributed by atoms with Gasteiger partial charge in [-0.1, -0.05) is 60.7 Å². The first kappa shape index (κ1) is 21.0. The van der Waals surface area contributed by atoms with E-state index in [9.17, 15) is 0 Å². The molecule has 1 aliphatic heterocycles. The number of pyridine rings is 1. The van der Waals surface area contributed by atoms with E-state index in [2.05, 4.69) is 97.6 Å². The van der Waals surface area contributed by atoms with Crippen molar-refractivity contribution < 1.29 is 4.42 Å². The van der Waals surface area contributed by atoms with Gasteiger partial charge in [0.15, 0.2) is 5.58 Å². The van der Waals surface area contributed by atoms with Crippen LogP contribution in [0, 0.1) is 19.8 Å². The van der Waals surface area contributed by atoms with Gasteiger partial charge >= 0.3 is 0 Å². The summed E-state index contributed by atoms with van der Waals surface area (Å²) in [4.78, 5) is 7.25. The molecule has 0 aliphatic carbocycles. The fourth-order valence-corrected chi connectivity index (χ4v) is 5.68. The number of nitrogens with zero attached hydrogens (tertiary/aromatic N) is 2. The van der Waals surface area contributed by atoms with Crippen LogP contribution in [-0.2, 0) is 12.8 Å². The van der Waals surface area contributed by atoms with Gasteiger partial charge in [0, 0.05) is 28.2 Å². The van der Waals surface area contributed by atoms with Crippen LogP contribution in [0.2, 0.25) is 0 Å². The molecule has 170 valence electrons. The lowest BCUT2D eigenvalue weighted by Gasteiger charge is -2.36. The second-order valence-electron chi connectivity index (χ2n) is 9.74. The van der Waals surface area contributed by atoms with E-state index in [0.717, 1.165) is 40.6 Å². The largest absolute Gasteiger partial charge is 0.435 e. The Morgan fingerprint density at radius 1 is 0.882 bits per heavy atom. The Labute approximate surface area is 201 Å². The van der Waals surface area contributed by atoms with E-state index in [1.165, 1.54) is 34.5 Å². The molecule has 34 heavy (non-hydrogen) atoms. The van der Waals surface area contributed by atoms with Crippen LogP contribution in [0.1, 0.15) is 35.7 Å². The molecule has 3 heteroatoms. The summed E-state index contributed by atoms with van der Waals surface area (Å²) in [5.74, 6) is 0.522. The topological polar surface area (TPSA) is 29.3 Å². The molecule has 1 aliphatic rings. The third kappa shape index (κ3) is 3.47. The molecule has 6 rings (SSSR count). The smallest absolute Gasteiger partial charge is 0.227 e. The molecule has 0 spiro atoms. The number of benzene rings is 3. The lowest BCUT2D eigenvalue weighted by atomic mass is 9.88. The summed E-state index contributed by atoms with van der Waals surface area (Å²) in [7, 11) is 0. The number of rotatable bonds is 3. The molecular weight excluding hydrogens is 416 g/mol. The molecule has 3 nitrogen and oxygen atoms in total. The van der Waals surface area contributed by atoms with Gasteiger partial charge in [0.2, 0.25) is 5.71 Å². The van der Waals surface area contributed by atoms with Crippen molar-refractivity contribution in [3.63, 3.8) is 0 Å². The van der Waals surface area contributed by atoms with Crippen LogP contribution >= 0.6 is 0 Å². The van der Waals surface area contributed by atoms with Crippen molar-refractivity contribution in [3.8, 4) is 0 Å². The van der Waals surface area contributed by atoms with E-state index in [4.69, 9.17) is 9.40 Å². The van der Waals surface area contributed by atoms with Crippen LogP contribution in [0.15, 0.2) is 83.3 Å². The average molecular weight is 447 g/mol. The highest BCUT2D eigenvalue weighted by Crippen LogP contribution is 2.45. The summed E-state index contributed by atoms with van der Waals surface area (Å²) in [6.07, 6.45) is 3.33. The molecular formula is C31H30N2O. The number of aryl methyl sites for hydroxylation is 3. The van der Waals surface area contributed by atoms with Crippen LogP contribution < -0.4 is 4.90 Å². The molecule has 0 saturated carbocycles. The monoisotopic (exact) mass is 446 g/mol. The predicted molar refractivity (Wildman–Crippen MR) is 141 cm³/mol. The molecule has 0 fully saturated rings. The Balaban J connectivity index is 1.56. The molecule has 2 aromatic heterocycles. The van der Waals surface area contributed by atoms with E-state index in [1.807, 2.05) is 6.92 Å². The SMILES string of the molecule is Cc1ccc2c(n1)oc1c(N3c4ccccc4CCC(Cc4ccccc4)[C@@H]3C)c(C)ccc12. The van der Waals surface area contributed by atoms with Crippen molar-refractivity contribution in [1.29, 1.82) is 0 Å². The van der Waals surface area contributed by atoms with Crippen molar-refractivity contribution in [3.05, 3.63) is 101 Å². The summed E-state index contributed by atoms with van der Waals surface area (Å²) in [6.45, 7) is 6.60. The van der Waals surface area contributed by atoms with Crippen molar-refractivity contribution >= 4 is 33.4 Å². The van der Waals surface area contributed by atoms with Crippen molar-refractivity contribution in [2.45, 2.75) is 46.1 Å². The molecule has 3 heterocycles.